The topological polar surface area (TPSA) is 67.8 Å². The van der Waals surface area contributed by atoms with Gasteiger partial charge < -0.3 is 4.74 Å². The number of rotatable bonds is 3. The summed E-state index contributed by atoms with van der Waals surface area (Å²) in [5, 5.41) is 0. The van der Waals surface area contributed by atoms with Crippen LogP contribution in [0.3, 0.4) is 0 Å². The van der Waals surface area contributed by atoms with Crippen LogP contribution in [0.2, 0.25) is 0 Å². The molecule has 0 aromatic heterocycles. The summed E-state index contributed by atoms with van der Waals surface area (Å²) in [5.74, 6) is -1.52. The quantitative estimate of drug-likeness (QED) is 0.906. The second kappa shape index (κ2) is 5.80. The van der Waals surface area contributed by atoms with Gasteiger partial charge in [-0.1, -0.05) is 0 Å². The summed E-state index contributed by atoms with van der Waals surface area (Å²) >= 11 is 0. The standard InChI is InChI=1S/C17H16F2N2O3S/c1-17(2)20-16(10-4-7-13(18)14(19)8-10)12-6-5-11(9-15(12)24-17)21-25(3,22)23/h4-9,21H,1-3H3. The molecule has 8 heteroatoms. The van der Waals surface area contributed by atoms with Crippen molar-refractivity contribution in [3.05, 3.63) is 59.2 Å². The summed E-state index contributed by atoms with van der Waals surface area (Å²) in [7, 11) is -3.44. The van der Waals surface area contributed by atoms with Crippen LogP contribution in [0, 0.1) is 11.6 Å². The van der Waals surface area contributed by atoms with Crippen LogP contribution in [-0.4, -0.2) is 26.1 Å². The van der Waals surface area contributed by atoms with Gasteiger partial charge in [-0.3, -0.25) is 4.72 Å². The van der Waals surface area contributed by atoms with Gasteiger partial charge in [0.15, 0.2) is 17.4 Å². The summed E-state index contributed by atoms with van der Waals surface area (Å²) in [6.45, 7) is 3.43. The van der Waals surface area contributed by atoms with Crippen molar-refractivity contribution in [2.75, 3.05) is 11.0 Å². The Morgan fingerprint density at radius 2 is 1.80 bits per heavy atom. The average molecular weight is 366 g/mol. The highest BCUT2D eigenvalue weighted by atomic mass is 32.2. The van der Waals surface area contributed by atoms with Gasteiger partial charge in [-0.2, -0.15) is 0 Å². The Kier molecular flexibility index (Phi) is 4.03. The first-order valence-electron chi connectivity index (χ1n) is 7.41. The Hall–Kier alpha value is -2.48. The van der Waals surface area contributed by atoms with Crippen LogP contribution in [0.25, 0.3) is 0 Å². The first-order chi connectivity index (χ1) is 11.5. The van der Waals surface area contributed by atoms with Crippen LogP contribution in [-0.2, 0) is 10.0 Å². The number of fused-ring (bicyclic) bond motifs is 1. The van der Waals surface area contributed by atoms with Gasteiger partial charge in [0, 0.05) is 17.2 Å². The van der Waals surface area contributed by atoms with E-state index in [2.05, 4.69) is 9.71 Å². The minimum absolute atomic E-state index is 0.337. The fourth-order valence-electron chi connectivity index (χ4n) is 2.56. The molecule has 0 aliphatic carbocycles. The van der Waals surface area contributed by atoms with E-state index in [1.54, 1.807) is 26.0 Å². The number of ether oxygens (including phenoxy) is 1. The maximum atomic E-state index is 13.6. The molecule has 0 spiro atoms. The van der Waals surface area contributed by atoms with Crippen LogP contribution in [0.5, 0.6) is 5.75 Å². The van der Waals surface area contributed by atoms with Crippen molar-refractivity contribution < 1.29 is 21.9 Å². The van der Waals surface area contributed by atoms with Crippen LogP contribution >= 0.6 is 0 Å². The van der Waals surface area contributed by atoms with Crippen molar-refractivity contribution in [1.29, 1.82) is 0 Å². The van der Waals surface area contributed by atoms with Crippen LogP contribution in [0.4, 0.5) is 14.5 Å². The third kappa shape index (κ3) is 3.79. The molecule has 0 radical (unpaired) electrons. The highest BCUT2D eigenvalue weighted by Gasteiger charge is 2.29. The van der Waals surface area contributed by atoms with E-state index in [1.165, 1.54) is 12.1 Å². The Morgan fingerprint density at radius 3 is 2.44 bits per heavy atom. The fraction of sp³-hybridized carbons (Fsp3) is 0.235. The molecule has 2 aromatic rings. The molecule has 5 nitrogen and oxygen atoms in total. The smallest absolute Gasteiger partial charge is 0.229 e. The normalized spacial score (nSPS) is 15.8. The van der Waals surface area contributed by atoms with Crippen LogP contribution in [0.15, 0.2) is 41.4 Å². The fourth-order valence-corrected chi connectivity index (χ4v) is 3.12. The van der Waals surface area contributed by atoms with Gasteiger partial charge >= 0.3 is 0 Å². The molecule has 0 saturated heterocycles. The SMILES string of the molecule is CC1(C)N=C(c2ccc(F)c(F)c2)c2ccc(NS(C)(=O)=O)cc2O1. The van der Waals surface area contributed by atoms with Crippen LogP contribution < -0.4 is 9.46 Å². The van der Waals surface area contributed by atoms with E-state index in [0.717, 1.165) is 18.4 Å². The molecule has 0 atom stereocenters. The number of nitrogens with zero attached hydrogens (tertiary/aromatic N) is 1. The highest BCUT2D eigenvalue weighted by Crippen LogP contribution is 2.35. The summed E-state index contributed by atoms with van der Waals surface area (Å²) in [6.07, 6.45) is 1.05. The minimum atomic E-state index is -3.44. The summed E-state index contributed by atoms with van der Waals surface area (Å²) in [4.78, 5) is 4.47. The van der Waals surface area contributed by atoms with Crippen LogP contribution in [0.1, 0.15) is 25.0 Å². The molecule has 132 valence electrons. The van der Waals surface area contributed by atoms with Gasteiger partial charge in [0.05, 0.1) is 17.7 Å². The van der Waals surface area contributed by atoms with E-state index in [9.17, 15) is 17.2 Å². The Balaban J connectivity index is 2.11. The lowest BCUT2D eigenvalue weighted by atomic mass is 9.98. The lowest BCUT2D eigenvalue weighted by Gasteiger charge is -2.30. The number of nitrogens with one attached hydrogen (secondary N) is 1. The molecule has 1 aliphatic heterocycles. The molecule has 1 aliphatic rings. The Labute approximate surface area is 144 Å². The van der Waals surface area contributed by atoms with Gasteiger partial charge in [-0.05, 0) is 44.2 Å². The van der Waals surface area contributed by atoms with E-state index < -0.39 is 27.4 Å². The molecule has 1 heterocycles. The molecule has 2 aromatic carbocycles. The number of hydrogen-bond acceptors (Lipinski definition) is 4. The molecule has 1 N–H and O–H groups in total. The van der Waals surface area contributed by atoms with Crippen molar-refractivity contribution in [1.82, 2.24) is 0 Å². The van der Waals surface area contributed by atoms with Crippen molar-refractivity contribution in [2.45, 2.75) is 19.6 Å². The van der Waals surface area contributed by atoms with Crippen molar-refractivity contribution in [2.24, 2.45) is 4.99 Å². The van der Waals surface area contributed by atoms with E-state index >= 15 is 0 Å². The maximum Gasteiger partial charge on any atom is 0.229 e. The molecule has 0 bridgehead atoms. The minimum Gasteiger partial charge on any atom is -0.466 e. The van der Waals surface area contributed by atoms with Gasteiger partial charge in [0.2, 0.25) is 10.0 Å². The summed E-state index contributed by atoms with van der Waals surface area (Å²) in [5.41, 5.74) is 0.793. The molecule has 0 amide bonds. The molecule has 0 fully saturated rings. The Bertz CT molecular complexity index is 985. The van der Waals surface area contributed by atoms with Crippen molar-refractivity contribution in [3.63, 3.8) is 0 Å². The third-order valence-corrected chi connectivity index (χ3v) is 4.08. The largest absolute Gasteiger partial charge is 0.466 e. The molecule has 0 unspecified atom stereocenters. The third-order valence-electron chi connectivity index (χ3n) is 3.47. The zero-order valence-corrected chi connectivity index (χ0v) is 14.6. The summed E-state index contributed by atoms with van der Waals surface area (Å²) < 4.78 is 57.8. The first-order valence-corrected chi connectivity index (χ1v) is 9.30. The van der Waals surface area contributed by atoms with Gasteiger partial charge in [-0.25, -0.2) is 22.2 Å². The first kappa shape index (κ1) is 17.3. The van der Waals surface area contributed by atoms with E-state index in [0.29, 0.717) is 28.3 Å². The molecule has 3 rings (SSSR count). The second-order valence-corrected chi connectivity index (χ2v) is 7.97. The Morgan fingerprint density at radius 1 is 1.08 bits per heavy atom. The monoisotopic (exact) mass is 366 g/mol. The van der Waals surface area contributed by atoms with Gasteiger partial charge in [-0.15, -0.1) is 0 Å². The average Bonchev–Trinajstić information content (AvgIpc) is 2.46. The molecule has 0 saturated carbocycles. The van der Waals surface area contributed by atoms with Gasteiger partial charge in [0.1, 0.15) is 5.75 Å². The van der Waals surface area contributed by atoms with E-state index in [4.69, 9.17) is 4.74 Å². The number of aliphatic imine (C=N–C) groups is 1. The second-order valence-electron chi connectivity index (χ2n) is 6.22. The number of benzene rings is 2. The summed E-state index contributed by atoms with van der Waals surface area (Å²) in [6, 6.07) is 8.25. The zero-order valence-electron chi connectivity index (χ0n) is 13.8. The van der Waals surface area contributed by atoms with Crippen molar-refractivity contribution >= 4 is 21.4 Å². The van der Waals surface area contributed by atoms with E-state index in [1.807, 2.05) is 0 Å². The van der Waals surface area contributed by atoms with Gasteiger partial charge in [0.25, 0.3) is 0 Å². The van der Waals surface area contributed by atoms with Crippen molar-refractivity contribution in [3.8, 4) is 5.75 Å². The molecule has 25 heavy (non-hydrogen) atoms. The maximum absolute atomic E-state index is 13.6. The zero-order chi connectivity index (χ0) is 18.4. The number of anilines is 1. The lowest BCUT2D eigenvalue weighted by molar-refractivity contribution is 0.115. The predicted molar refractivity (Wildman–Crippen MR) is 91.6 cm³/mol. The number of sulfonamides is 1. The lowest BCUT2D eigenvalue weighted by Crippen LogP contribution is -2.32. The van der Waals surface area contributed by atoms with E-state index in [-0.39, 0.29) is 0 Å². The number of halogens is 2. The molecular formula is C17H16F2N2O3S. The predicted octanol–water partition coefficient (Wildman–Crippen LogP) is 3.30. The molecular weight excluding hydrogens is 350 g/mol. The highest BCUT2D eigenvalue weighted by molar-refractivity contribution is 7.92. The number of hydrogen-bond donors (Lipinski definition) is 1.